The Morgan fingerprint density at radius 3 is 2.48 bits per heavy atom. The molecule has 3 nitrogen and oxygen atoms in total. The van der Waals surface area contributed by atoms with Gasteiger partial charge in [0.05, 0.1) is 0 Å². The van der Waals surface area contributed by atoms with E-state index >= 15 is 0 Å². The molecule has 0 saturated heterocycles. The van der Waals surface area contributed by atoms with Crippen molar-refractivity contribution in [3.63, 3.8) is 0 Å². The van der Waals surface area contributed by atoms with E-state index in [1.54, 1.807) is 6.92 Å². The van der Waals surface area contributed by atoms with Crippen molar-refractivity contribution >= 4 is 5.97 Å². The second-order valence-electron chi connectivity index (χ2n) is 6.61. The first-order valence-corrected chi connectivity index (χ1v) is 7.76. The second-order valence-corrected chi connectivity index (χ2v) is 6.61. The SMILES string of the molecule is CCC(CCc1cc(C)cc(C)c1C)CC(C)(N)C(=O)O. The summed E-state index contributed by atoms with van der Waals surface area (Å²) in [4.78, 5) is 11.2. The van der Waals surface area contributed by atoms with Crippen LogP contribution in [-0.4, -0.2) is 16.6 Å². The highest BCUT2D eigenvalue weighted by Gasteiger charge is 2.30. The number of rotatable bonds is 7. The van der Waals surface area contributed by atoms with Crippen LogP contribution in [0.1, 0.15) is 55.4 Å². The first kappa shape index (κ1) is 17.7. The van der Waals surface area contributed by atoms with E-state index in [0.29, 0.717) is 12.3 Å². The van der Waals surface area contributed by atoms with Crippen LogP contribution in [-0.2, 0) is 11.2 Å². The Bertz CT molecular complexity index is 506. The molecular formula is C18H29NO2. The molecule has 0 aliphatic rings. The van der Waals surface area contributed by atoms with Crippen molar-refractivity contribution in [2.45, 2.75) is 65.8 Å². The van der Waals surface area contributed by atoms with Crippen LogP contribution in [0.25, 0.3) is 0 Å². The van der Waals surface area contributed by atoms with Crippen molar-refractivity contribution in [3.8, 4) is 0 Å². The summed E-state index contributed by atoms with van der Waals surface area (Å²) in [6, 6.07) is 4.45. The molecule has 3 N–H and O–H groups in total. The zero-order valence-corrected chi connectivity index (χ0v) is 14.0. The summed E-state index contributed by atoms with van der Waals surface area (Å²) >= 11 is 0. The first-order chi connectivity index (χ1) is 9.67. The molecule has 0 radical (unpaired) electrons. The molecule has 0 saturated carbocycles. The van der Waals surface area contributed by atoms with Gasteiger partial charge in [0.15, 0.2) is 0 Å². The number of carboxylic acid groups (broad SMARTS) is 1. The van der Waals surface area contributed by atoms with Gasteiger partial charge in [0, 0.05) is 0 Å². The molecular weight excluding hydrogens is 262 g/mol. The maximum absolute atomic E-state index is 11.2. The zero-order chi connectivity index (χ0) is 16.2. The van der Waals surface area contributed by atoms with Crippen molar-refractivity contribution in [1.82, 2.24) is 0 Å². The smallest absolute Gasteiger partial charge is 0.323 e. The van der Waals surface area contributed by atoms with Crippen LogP contribution < -0.4 is 5.73 Å². The lowest BCUT2D eigenvalue weighted by Gasteiger charge is -2.25. The molecule has 0 fully saturated rings. The Kier molecular flexibility index (Phi) is 5.97. The minimum absolute atomic E-state index is 0.344. The van der Waals surface area contributed by atoms with Crippen LogP contribution in [0.3, 0.4) is 0 Å². The number of benzene rings is 1. The highest BCUT2D eigenvalue weighted by atomic mass is 16.4. The summed E-state index contributed by atoms with van der Waals surface area (Å²) in [5.41, 5.74) is 10.1. The van der Waals surface area contributed by atoms with E-state index in [1.807, 2.05) is 0 Å². The largest absolute Gasteiger partial charge is 0.480 e. The van der Waals surface area contributed by atoms with Gasteiger partial charge >= 0.3 is 5.97 Å². The minimum Gasteiger partial charge on any atom is -0.480 e. The molecule has 0 spiro atoms. The van der Waals surface area contributed by atoms with Gasteiger partial charge in [-0.3, -0.25) is 4.79 Å². The van der Waals surface area contributed by atoms with Gasteiger partial charge in [-0.1, -0.05) is 31.0 Å². The number of hydrogen-bond donors (Lipinski definition) is 2. The van der Waals surface area contributed by atoms with Crippen molar-refractivity contribution in [2.75, 3.05) is 0 Å². The van der Waals surface area contributed by atoms with Crippen molar-refractivity contribution < 1.29 is 9.90 Å². The Morgan fingerprint density at radius 2 is 1.95 bits per heavy atom. The van der Waals surface area contributed by atoms with Gasteiger partial charge in [0.25, 0.3) is 0 Å². The molecule has 0 amide bonds. The van der Waals surface area contributed by atoms with Gasteiger partial charge in [0.1, 0.15) is 5.54 Å². The highest BCUT2D eigenvalue weighted by molar-refractivity contribution is 5.77. The third kappa shape index (κ3) is 4.85. The monoisotopic (exact) mass is 291 g/mol. The second kappa shape index (κ2) is 7.08. The molecule has 118 valence electrons. The van der Waals surface area contributed by atoms with E-state index in [-0.39, 0.29) is 0 Å². The summed E-state index contributed by atoms with van der Waals surface area (Å²) in [7, 11) is 0. The van der Waals surface area contributed by atoms with E-state index in [4.69, 9.17) is 10.8 Å². The number of aryl methyl sites for hydroxylation is 3. The maximum Gasteiger partial charge on any atom is 0.323 e. The summed E-state index contributed by atoms with van der Waals surface area (Å²) < 4.78 is 0. The number of aliphatic carboxylic acids is 1. The minimum atomic E-state index is -1.13. The molecule has 0 aromatic heterocycles. The molecule has 3 heteroatoms. The topological polar surface area (TPSA) is 63.3 Å². The van der Waals surface area contributed by atoms with Gasteiger partial charge in [-0.2, -0.15) is 0 Å². The number of hydrogen-bond acceptors (Lipinski definition) is 2. The van der Waals surface area contributed by atoms with Crippen molar-refractivity contribution in [2.24, 2.45) is 11.7 Å². The van der Waals surface area contributed by atoms with Crippen LogP contribution in [0.15, 0.2) is 12.1 Å². The molecule has 1 rings (SSSR count). The maximum atomic E-state index is 11.2. The van der Waals surface area contributed by atoms with E-state index in [1.165, 1.54) is 22.3 Å². The first-order valence-electron chi connectivity index (χ1n) is 7.76. The van der Waals surface area contributed by atoms with Gasteiger partial charge in [-0.15, -0.1) is 0 Å². The normalized spacial score (nSPS) is 15.5. The average molecular weight is 291 g/mol. The molecule has 21 heavy (non-hydrogen) atoms. The predicted molar refractivity (Wildman–Crippen MR) is 87.6 cm³/mol. The highest BCUT2D eigenvalue weighted by Crippen LogP contribution is 2.25. The van der Waals surface area contributed by atoms with Gasteiger partial charge in [0.2, 0.25) is 0 Å². The van der Waals surface area contributed by atoms with E-state index < -0.39 is 11.5 Å². The van der Waals surface area contributed by atoms with E-state index in [0.717, 1.165) is 19.3 Å². The zero-order valence-electron chi connectivity index (χ0n) is 14.0. The quantitative estimate of drug-likeness (QED) is 0.804. The predicted octanol–water partition coefficient (Wildman–Crippen LogP) is 3.76. The van der Waals surface area contributed by atoms with Gasteiger partial charge in [-0.05, 0) is 69.6 Å². The van der Waals surface area contributed by atoms with Crippen LogP contribution in [0.2, 0.25) is 0 Å². The fraction of sp³-hybridized carbons (Fsp3) is 0.611. The molecule has 1 aromatic carbocycles. The molecule has 0 heterocycles. The number of nitrogens with two attached hydrogens (primary N) is 1. The number of carboxylic acids is 1. The Labute approximate surface area is 128 Å². The summed E-state index contributed by atoms with van der Waals surface area (Å²) in [6.45, 7) is 10.1. The average Bonchev–Trinajstić information content (AvgIpc) is 2.39. The molecule has 0 aliphatic heterocycles. The van der Waals surface area contributed by atoms with Crippen molar-refractivity contribution in [3.05, 3.63) is 34.4 Å². The van der Waals surface area contributed by atoms with Gasteiger partial charge < -0.3 is 10.8 Å². The standard InChI is InChI=1S/C18H29NO2/c1-6-15(11-18(5,19)17(20)21)7-8-16-10-12(2)9-13(3)14(16)4/h9-10,15H,6-8,11,19H2,1-5H3,(H,20,21). The lowest BCUT2D eigenvalue weighted by atomic mass is 9.84. The third-order valence-electron chi connectivity index (χ3n) is 4.52. The molecule has 2 unspecified atom stereocenters. The Balaban J connectivity index is 2.74. The van der Waals surface area contributed by atoms with Crippen LogP contribution >= 0.6 is 0 Å². The van der Waals surface area contributed by atoms with Crippen LogP contribution in [0.5, 0.6) is 0 Å². The molecule has 2 atom stereocenters. The number of carbonyl (C=O) groups is 1. The Morgan fingerprint density at radius 1 is 1.33 bits per heavy atom. The lowest BCUT2D eigenvalue weighted by Crippen LogP contribution is -2.46. The summed E-state index contributed by atoms with van der Waals surface area (Å²) in [5.74, 6) is -0.570. The van der Waals surface area contributed by atoms with Gasteiger partial charge in [-0.25, -0.2) is 0 Å². The molecule has 0 bridgehead atoms. The summed E-state index contributed by atoms with van der Waals surface area (Å²) in [6.07, 6.45) is 3.47. The van der Waals surface area contributed by atoms with Crippen LogP contribution in [0.4, 0.5) is 0 Å². The van der Waals surface area contributed by atoms with E-state index in [2.05, 4.69) is 39.8 Å². The fourth-order valence-electron chi connectivity index (χ4n) is 2.88. The fourth-order valence-corrected chi connectivity index (χ4v) is 2.88. The van der Waals surface area contributed by atoms with Crippen molar-refractivity contribution in [1.29, 1.82) is 0 Å². The molecule has 1 aromatic rings. The van der Waals surface area contributed by atoms with E-state index in [9.17, 15) is 4.79 Å². The Hall–Kier alpha value is -1.35. The van der Waals surface area contributed by atoms with Crippen LogP contribution in [0, 0.1) is 26.7 Å². The summed E-state index contributed by atoms with van der Waals surface area (Å²) in [5, 5.41) is 9.16. The third-order valence-corrected chi connectivity index (χ3v) is 4.52. The molecule has 0 aliphatic carbocycles. The lowest BCUT2D eigenvalue weighted by molar-refractivity contribution is -0.143.